The molecule has 0 aliphatic heterocycles. The average Bonchev–Trinajstić information content (AvgIpc) is 2.92. The van der Waals surface area contributed by atoms with Crippen molar-refractivity contribution >= 4 is 28.5 Å². The number of fused-ring (bicyclic) bond motifs is 1. The largest absolute Gasteiger partial charge is 0.481 e. The van der Waals surface area contributed by atoms with E-state index in [2.05, 4.69) is 10.3 Å². The summed E-state index contributed by atoms with van der Waals surface area (Å²) in [6.45, 7) is 2.41. The van der Waals surface area contributed by atoms with Crippen molar-refractivity contribution in [2.75, 3.05) is 5.32 Å². The van der Waals surface area contributed by atoms with Crippen LogP contribution in [0.1, 0.15) is 37.8 Å². The third-order valence-electron chi connectivity index (χ3n) is 7.04. The second-order valence-corrected chi connectivity index (χ2v) is 11.3. The molecule has 0 spiro atoms. The summed E-state index contributed by atoms with van der Waals surface area (Å²) in [5, 5.41) is 11.9. The monoisotopic (exact) mass is 636 g/mol. The number of anilines is 1. The Balaban J connectivity index is 0.000000279. The van der Waals surface area contributed by atoms with Crippen molar-refractivity contribution in [3.8, 4) is 0 Å². The molecule has 4 aromatic rings. The fourth-order valence-electron chi connectivity index (χ4n) is 4.89. The Kier molecular flexibility index (Phi) is 11.0. The number of nitrogens with zero attached hydrogens (tertiary/aromatic N) is 1. The van der Waals surface area contributed by atoms with Gasteiger partial charge in [-0.2, -0.15) is 26.3 Å². The van der Waals surface area contributed by atoms with Gasteiger partial charge in [0, 0.05) is 5.39 Å². The van der Waals surface area contributed by atoms with Crippen molar-refractivity contribution in [1.29, 1.82) is 0 Å². The Morgan fingerprint density at radius 3 is 1.71 bits per heavy atom. The number of halogens is 7. The van der Waals surface area contributed by atoms with E-state index in [1.807, 2.05) is 0 Å². The molecule has 240 valence electrons. The van der Waals surface area contributed by atoms with Gasteiger partial charge in [0.2, 0.25) is 5.91 Å². The summed E-state index contributed by atoms with van der Waals surface area (Å²) in [5.74, 6) is -2.72. The molecule has 2 N–H and O–H groups in total. The molecule has 0 aliphatic rings. The molecule has 45 heavy (non-hydrogen) atoms. The number of aliphatic carboxylic acids is 1. The van der Waals surface area contributed by atoms with Crippen LogP contribution in [0.3, 0.4) is 0 Å². The van der Waals surface area contributed by atoms with E-state index in [0.29, 0.717) is 16.5 Å². The Labute approximate surface area is 255 Å². The molecule has 3 aromatic carbocycles. The SMILES string of the molecule is CC(Cc1ccccc1)(CC(F)(F)F)C(=O)Nc1cnc2c(F)cccc2c1.CC(Cc1ccccc1)(CC(F)(F)F)C(=O)O. The number of carboxylic acids is 1. The summed E-state index contributed by atoms with van der Waals surface area (Å²) in [6.07, 6.45) is -10.6. The molecule has 4 rings (SSSR count). The molecule has 12 heteroatoms. The number of carbonyl (C=O) groups is 2. The lowest BCUT2D eigenvalue weighted by molar-refractivity contribution is -0.176. The first-order valence-electron chi connectivity index (χ1n) is 13.7. The lowest BCUT2D eigenvalue weighted by Crippen LogP contribution is -2.39. The number of rotatable bonds is 9. The van der Waals surface area contributed by atoms with Gasteiger partial charge in [-0.1, -0.05) is 79.7 Å². The van der Waals surface area contributed by atoms with Crippen molar-refractivity contribution in [1.82, 2.24) is 4.98 Å². The minimum Gasteiger partial charge on any atom is -0.481 e. The number of aromatic nitrogens is 1. The molecule has 1 aromatic heterocycles. The summed E-state index contributed by atoms with van der Waals surface area (Å²) in [7, 11) is 0. The van der Waals surface area contributed by atoms with Crippen LogP contribution in [-0.2, 0) is 22.4 Å². The van der Waals surface area contributed by atoms with Gasteiger partial charge in [-0.15, -0.1) is 0 Å². The van der Waals surface area contributed by atoms with Gasteiger partial charge in [0.15, 0.2) is 0 Å². The number of pyridine rings is 1. The van der Waals surface area contributed by atoms with Gasteiger partial charge in [-0.3, -0.25) is 14.6 Å². The Hall–Kier alpha value is -4.48. The molecule has 0 bridgehead atoms. The fourth-order valence-corrected chi connectivity index (χ4v) is 4.89. The first-order chi connectivity index (χ1) is 20.9. The number of nitrogens with one attached hydrogen (secondary N) is 1. The van der Waals surface area contributed by atoms with E-state index in [4.69, 9.17) is 5.11 Å². The minimum absolute atomic E-state index is 0.0746. The topological polar surface area (TPSA) is 79.3 Å². The van der Waals surface area contributed by atoms with Crippen LogP contribution in [0.2, 0.25) is 0 Å². The maximum absolute atomic E-state index is 13.7. The molecular weight excluding hydrogens is 605 g/mol. The summed E-state index contributed by atoms with van der Waals surface area (Å²) in [4.78, 5) is 27.8. The van der Waals surface area contributed by atoms with Crippen LogP contribution < -0.4 is 5.32 Å². The van der Waals surface area contributed by atoms with E-state index >= 15 is 0 Å². The number of benzene rings is 3. The summed E-state index contributed by atoms with van der Waals surface area (Å²) in [5.41, 5.74) is -1.98. The van der Waals surface area contributed by atoms with Gasteiger partial charge in [-0.25, -0.2) is 4.39 Å². The van der Waals surface area contributed by atoms with E-state index in [-0.39, 0.29) is 24.0 Å². The first kappa shape index (κ1) is 35.0. The molecule has 0 radical (unpaired) electrons. The number of para-hydroxylation sites is 1. The number of carbonyl (C=O) groups excluding carboxylic acids is 1. The lowest BCUT2D eigenvalue weighted by Gasteiger charge is -2.29. The Bertz CT molecular complexity index is 1600. The van der Waals surface area contributed by atoms with E-state index in [1.165, 1.54) is 31.3 Å². The molecular formula is C33H31F7N2O3. The quantitative estimate of drug-likeness (QED) is 0.180. The molecule has 0 saturated heterocycles. The highest BCUT2D eigenvalue weighted by Gasteiger charge is 2.45. The number of alkyl halides is 6. The minimum atomic E-state index is -4.51. The second kappa shape index (κ2) is 14.1. The van der Waals surface area contributed by atoms with Crippen molar-refractivity contribution < 1.29 is 45.4 Å². The Morgan fingerprint density at radius 1 is 0.733 bits per heavy atom. The summed E-state index contributed by atoms with van der Waals surface area (Å²) >= 11 is 0. The van der Waals surface area contributed by atoms with E-state index in [1.54, 1.807) is 66.7 Å². The van der Waals surface area contributed by atoms with Gasteiger partial charge in [0.1, 0.15) is 11.3 Å². The van der Waals surface area contributed by atoms with Gasteiger partial charge < -0.3 is 10.4 Å². The van der Waals surface area contributed by atoms with E-state index in [9.17, 15) is 40.3 Å². The molecule has 1 heterocycles. The van der Waals surface area contributed by atoms with Crippen LogP contribution in [0.15, 0.2) is 91.1 Å². The number of carboxylic acid groups (broad SMARTS) is 1. The van der Waals surface area contributed by atoms with E-state index < -0.39 is 53.7 Å². The highest BCUT2D eigenvalue weighted by molar-refractivity contribution is 5.96. The van der Waals surface area contributed by atoms with Crippen molar-refractivity contribution in [2.45, 2.75) is 51.9 Å². The van der Waals surface area contributed by atoms with Crippen molar-refractivity contribution in [2.24, 2.45) is 10.8 Å². The predicted octanol–water partition coefficient (Wildman–Crippen LogP) is 8.79. The van der Waals surface area contributed by atoms with Crippen LogP contribution in [0.5, 0.6) is 0 Å². The standard InChI is InChI=1S/C21H18F4N2O.C12H13F3O2/c1-20(13-21(23,24)25,11-14-6-3-2-4-7-14)19(28)27-16-10-15-8-5-9-17(22)18(15)26-12-16;1-11(10(16)17,8-12(13,14)15)7-9-5-3-2-4-6-9/h2-10,12H,11,13H2,1H3,(H,27,28);2-6H,7-8H2,1H3,(H,16,17). The van der Waals surface area contributed by atoms with Gasteiger partial charge in [0.25, 0.3) is 0 Å². The third kappa shape index (κ3) is 10.6. The normalized spacial score (nSPS) is 14.4. The maximum Gasteiger partial charge on any atom is 0.390 e. The van der Waals surface area contributed by atoms with Crippen molar-refractivity contribution in [3.05, 3.63) is 108 Å². The fraction of sp³-hybridized carbons (Fsp3) is 0.303. The predicted molar refractivity (Wildman–Crippen MR) is 156 cm³/mol. The van der Waals surface area contributed by atoms with Crippen LogP contribution in [0.25, 0.3) is 10.9 Å². The molecule has 0 aliphatic carbocycles. The molecule has 2 unspecified atom stereocenters. The Morgan fingerprint density at radius 2 is 1.22 bits per heavy atom. The summed E-state index contributed by atoms with van der Waals surface area (Å²) < 4.78 is 90.3. The maximum atomic E-state index is 13.7. The zero-order valence-electron chi connectivity index (χ0n) is 24.3. The zero-order chi connectivity index (χ0) is 33.5. The van der Waals surface area contributed by atoms with Gasteiger partial charge >= 0.3 is 18.3 Å². The molecule has 0 saturated carbocycles. The molecule has 5 nitrogen and oxygen atoms in total. The molecule has 1 amide bonds. The van der Waals surface area contributed by atoms with Crippen LogP contribution >= 0.6 is 0 Å². The number of hydrogen-bond donors (Lipinski definition) is 2. The van der Waals surface area contributed by atoms with Gasteiger partial charge in [-0.05, 0) is 43.0 Å². The molecule has 2 atom stereocenters. The van der Waals surface area contributed by atoms with E-state index in [0.717, 1.165) is 6.92 Å². The lowest BCUT2D eigenvalue weighted by atomic mass is 9.79. The third-order valence-corrected chi connectivity index (χ3v) is 7.04. The van der Waals surface area contributed by atoms with Crippen LogP contribution in [0.4, 0.5) is 36.4 Å². The van der Waals surface area contributed by atoms with Crippen molar-refractivity contribution in [3.63, 3.8) is 0 Å². The van der Waals surface area contributed by atoms with Crippen LogP contribution in [-0.4, -0.2) is 34.3 Å². The summed E-state index contributed by atoms with van der Waals surface area (Å²) in [6, 6.07) is 22.7. The average molecular weight is 637 g/mol. The number of hydrogen-bond acceptors (Lipinski definition) is 3. The smallest absolute Gasteiger partial charge is 0.390 e. The second-order valence-electron chi connectivity index (χ2n) is 11.3. The van der Waals surface area contributed by atoms with Crippen LogP contribution in [0, 0.1) is 16.6 Å². The zero-order valence-corrected chi connectivity index (χ0v) is 24.3. The number of amides is 1. The highest BCUT2D eigenvalue weighted by atomic mass is 19.4. The van der Waals surface area contributed by atoms with Gasteiger partial charge in [0.05, 0.1) is 35.6 Å². The first-order valence-corrected chi connectivity index (χ1v) is 13.7. The molecule has 0 fully saturated rings. The highest BCUT2D eigenvalue weighted by Crippen LogP contribution is 2.38.